The first-order chi connectivity index (χ1) is 12.4. The van der Waals surface area contributed by atoms with Crippen molar-refractivity contribution >= 4 is 21.6 Å². The SMILES string of the molecule is CCOc1ccc(CNS(=O)(=O)c2cc3c(cc2C)NC(=O)CO3)cc1. The van der Waals surface area contributed by atoms with E-state index in [1.807, 2.05) is 19.1 Å². The van der Waals surface area contributed by atoms with Crippen molar-refractivity contribution in [3.8, 4) is 11.5 Å². The number of hydrogen-bond donors (Lipinski definition) is 2. The second-order valence-electron chi connectivity index (χ2n) is 5.85. The van der Waals surface area contributed by atoms with E-state index in [1.165, 1.54) is 6.07 Å². The fourth-order valence-corrected chi connectivity index (χ4v) is 3.89. The number of carbonyl (C=O) groups excluding carboxylic acids is 1. The Kier molecular flexibility index (Phi) is 5.15. The maximum atomic E-state index is 12.7. The van der Waals surface area contributed by atoms with Crippen LogP contribution in [0.2, 0.25) is 0 Å². The van der Waals surface area contributed by atoms with Crippen molar-refractivity contribution < 1.29 is 22.7 Å². The monoisotopic (exact) mass is 376 g/mol. The average Bonchev–Trinajstić information content (AvgIpc) is 2.60. The maximum absolute atomic E-state index is 12.7. The number of hydrogen-bond acceptors (Lipinski definition) is 5. The van der Waals surface area contributed by atoms with E-state index in [0.29, 0.717) is 23.6 Å². The van der Waals surface area contributed by atoms with Gasteiger partial charge in [-0.3, -0.25) is 4.79 Å². The topological polar surface area (TPSA) is 93.7 Å². The van der Waals surface area contributed by atoms with Gasteiger partial charge in [0.05, 0.1) is 17.2 Å². The zero-order valence-corrected chi connectivity index (χ0v) is 15.4. The minimum absolute atomic E-state index is 0.123. The van der Waals surface area contributed by atoms with Gasteiger partial charge in [0, 0.05) is 12.6 Å². The smallest absolute Gasteiger partial charge is 0.262 e. The van der Waals surface area contributed by atoms with Crippen molar-refractivity contribution in [1.82, 2.24) is 4.72 Å². The third kappa shape index (κ3) is 3.97. The van der Waals surface area contributed by atoms with Crippen molar-refractivity contribution in [1.29, 1.82) is 0 Å². The number of amides is 1. The minimum atomic E-state index is -3.73. The number of ether oxygens (including phenoxy) is 2. The lowest BCUT2D eigenvalue weighted by Crippen LogP contribution is -2.27. The molecule has 0 unspecified atom stereocenters. The van der Waals surface area contributed by atoms with E-state index < -0.39 is 10.0 Å². The lowest BCUT2D eigenvalue weighted by Gasteiger charge is -2.20. The standard InChI is InChI=1S/C18H20N2O5S/c1-3-24-14-6-4-13(5-7-14)10-19-26(22,23)17-9-16-15(8-12(17)2)20-18(21)11-25-16/h4-9,19H,3,10-11H2,1-2H3,(H,20,21). The van der Waals surface area contributed by atoms with Crippen LogP contribution in [-0.4, -0.2) is 27.5 Å². The lowest BCUT2D eigenvalue weighted by molar-refractivity contribution is -0.118. The molecule has 0 atom stereocenters. The molecule has 1 amide bonds. The highest BCUT2D eigenvalue weighted by Crippen LogP contribution is 2.32. The lowest BCUT2D eigenvalue weighted by atomic mass is 10.2. The largest absolute Gasteiger partial charge is 0.494 e. The Labute approximate surface area is 152 Å². The molecule has 2 aromatic carbocycles. The van der Waals surface area contributed by atoms with Crippen LogP contribution < -0.4 is 19.5 Å². The van der Waals surface area contributed by atoms with Crippen LogP contribution in [0.3, 0.4) is 0 Å². The number of rotatable bonds is 6. The highest BCUT2D eigenvalue weighted by Gasteiger charge is 2.23. The maximum Gasteiger partial charge on any atom is 0.262 e. The molecule has 0 bridgehead atoms. The Morgan fingerprint density at radius 2 is 1.96 bits per heavy atom. The first-order valence-corrected chi connectivity index (χ1v) is 9.66. The number of nitrogens with one attached hydrogen (secondary N) is 2. The molecule has 138 valence electrons. The van der Waals surface area contributed by atoms with Gasteiger partial charge in [0.1, 0.15) is 11.5 Å². The van der Waals surface area contributed by atoms with Gasteiger partial charge >= 0.3 is 0 Å². The van der Waals surface area contributed by atoms with Crippen molar-refractivity contribution in [2.45, 2.75) is 25.3 Å². The molecule has 0 radical (unpaired) electrons. The Balaban J connectivity index is 1.76. The number of anilines is 1. The number of aryl methyl sites for hydroxylation is 1. The van der Waals surface area contributed by atoms with Crippen LogP contribution in [0.5, 0.6) is 11.5 Å². The molecular weight excluding hydrogens is 356 g/mol. The molecule has 2 N–H and O–H groups in total. The Bertz CT molecular complexity index is 923. The number of fused-ring (bicyclic) bond motifs is 1. The first kappa shape index (κ1) is 18.2. The fourth-order valence-electron chi connectivity index (χ4n) is 2.63. The van der Waals surface area contributed by atoms with E-state index in [1.54, 1.807) is 25.1 Å². The fraction of sp³-hybridized carbons (Fsp3) is 0.278. The Hall–Kier alpha value is -2.58. The van der Waals surface area contributed by atoms with Gasteiger partial charge in [0.2, 0.25) is 10.0 Å². The van der Waals surface area contributed by atoms with Crippen LogP contribution in [0.1, 0.15) is 18.1 Å². The quantitative estimate of drug-likeness (QED) is 0.806. The van der Waals surface area contributed by atoms with Crippen molar-refractivity contribution in [2.24, 2.45) is 0 Å². The number of sulfonamides is 1. The first-order valence-electron chi connectivity index (χ1n) is 8.18. The predicted molar refractivity (Wildman–Crippen MR) is 96.9 cm³/mol. The zero-order chi connectivity index (χ0) is 18.7. The number of carbonyl (C=O) groups is 1. The predicted octanol–water partition coefficient (Wildman–Crippen LogP) is 2.20. The van der Waals surface area contributed by atoms with Crippen LogP contribution in [-0.2, 0) is 21.4 Å². The summed E-state index contributed by atoms with van der Waals surface area (Å²) in [5, 5.41) is 2.66. The third-order valence-electron chi connectivity index (χ3n) is 3.90. The van der Waals surface area contributed by atoms with Crippen molar-refractivity contribution in [3.05, 3.63) is 47.5 Å². The van der Waals surface area contributed by atoms with Gasteiger partial charge in [0.15, 0.2) is 6.61 Å². The highest BCUT2D eigenvalue weighted by atomic mass is 32.2. The summed E-state index contributed by atoms with van der Waals surface area (Å²) in [5.41, 5.74) is 1.81. The summed E-state index contributed by atoms with van der Waals surface area (Å²) in [4.78, 5) is 11.5. The van der Waals surface area contributed by atoms with E-state index in [4.69, 9.17) is 9.47 Å². The Morgan fingerprint density at radius 3 is 2.65 bits per heavy atom. The van der Waals surface area contributed by atoms with E-state index >= 15 is 0 Å². The molecule has 0 aliphatic carbocycles. The van der Waals surface area contributed by atoms with Gasteiger partial charge in [-0.15, -0.1) is 0 Å². The van der Waals surface area contributed by atoms with Crippen molar-refractivity contribution in [2.75, 3.05) is 18.5 Å². The second-order valence-corrected chi connectivity index (χ2v) is 7.59. The van der Waals surface area contributed by atoms with E-state index in [-0.39, 0.29) is 24.0 Å². The molecule has 1 aliphatic rings. The molecule has 0 fully saturated rings. The average molecular weight is 376 g/mol. The third-order valence-corrected chi connectivity index (χ3v) is 5.44. The molecule has 1 heterocycles. The summed E-state index contributed by atoms with van der Waals surface area (Å²) in [6.07, 6.45) is 0. The molecule has 2 aromatic rings. The normalized spacial score (nSPS) is 13.5. The summed E-state index contributed by atoms with van der Waals surface area (Å²) in [6, 6.07) is 10.3. The van der Waals surface area contributed by atoms with Crippen LogP contribution in [0.25, 0.3) is 0 Å². The van der Waals surface area contributed by atoms with Gasteiger partial charge in [-0.05, 0) is 43.2 Å². The van der Waals surface area contributed by atoms with Crippen LogP contribution >= 0.6 is 0 Å². The Morgan fingerprint density at radius 1 is 1.23 bits per heavy atom. The molecule has 26 heavy (non-hydrogen) atoms. The summed E-state index contributed by atoms with van der Waals surface area (Å²) < 4.78 is 38.6. The minimum Gasteiger partial charge on any atom is -0.494 e. The van der Waals surface area contributed by atoms with Gasteiger partial charge in [-0.1, -0.05) is 12.1 Å². The highest BCUT2D eigenvalue weighted by molar-refractivity contribution is 7.89. The van der Waals surface area contributed by atoms with Gasteiger partial charge in [-0.25, -0.2) is 13.1 Å². The van der Waals surface area contributed by atoms with Gasteiger partial charge in [0.25, 0.3) is 5.91 Å². The molecular formula is C18H20N2O5S. The molecule has 0 saturated carbocycles. The zero-order valence-electron chi connectivity index (χ0n) is 14.5. The van der Waals surface area contributed by atoms with E-state index in [2.05, 4.69) is 10.0 Å². The van der Waals surface area contributed by atoms with Crippen LogP contribution in [0, 0.1) is 6.92 Å². The van der Waals surface area contributed by atoms with E-state index in [0.717, 1.165) is 11.3 Å². The summed E-state index contributed by atoms with van der Waals surface area (Å²) in [6.45, 7) is 4.18. The van der Waals surface area contributed by atoms with Crippen LogP contribution in [0.15, 0.2) is 41.3 Å². The molecule has 0 saturated heterocycles. The molecule has 8 heteroatoms. The van der Waals surface area contributed by atoms with Gasteiger partial charge < -0.3 is 14.8 Å². The number of benzene rings is 2. The summed E-state index contributed by atoms with van der Waals surface area (Å²) in [5.74, 6) is 0.821. The summed E-state index contributed by atoms with van der Waals surface area (Å²) >= 11 is 0. The van der Waals surface area contributed by atoms with Crippen LogP contribution in [0.4, 0.5) is 5.69 Å². The molecule has 1 aliphatic heterocycles. The molecule has 0 aromatic heterocycles. The van der Waals surface area contributed by atoms with Crippen molar-refractivity contribution in [3.63, 3.8) is 0 Å². The second kappa shape index (κ2) is 7.35. The van der Waals surface area contributed by atoms with Gasteiger partial charge in [-0.2, -0.15) is 0 Å². The molecule has 0 spiro atoms. The summed E-state index contributed by atoms with van der Waals surface area (Å²) in [7, 11) is -3.73. The molecule has 7 nitrogen and oxygen atoms in total. The van der Waals surface area contributed by atoms with E-state index in [9.17, 15) is 13.2 Å². The molecule has 3 rings (SSSR count).